The first-order valence-corrected chi connectivity index (χ1v) is 6.66. The molecule has 0 heterocycles. The number of ether oxygens (including phenoxy) is 2. The van der Waals surface area contributed by atoms with Crippen LogP contribution >= 0.6 is 0 Å². The third kappa shape index (κ3) is 6.05. The zero-order valence-corrected chi connectivity index (χ0v) is 13.0. The van der Waals surface area contributed by atoms with Gasteiger partial charge in [0.2, 0.25) is 5.91 Å². The monoisotopic (exact) mass is 273 g/mol. The van der Waals surface area contributed by atoms with Crippen LogP contribution in [0.5, 0.6) is 0 Å². The molecular weight excluding hydrogens is 246 g/mol. The van der Waals surface area contributed by atoms with Crippen molar-refractivity contribution in [1.29, 1.82) is 0 Å². The summed E-state index contributed by atoms with van der Waals surface area (Å²) in [6.45, 7) is 8.80. The molecule has 5 nitrogen and oxygen atoms in total. The Labute approximate surface area is 116 Å². The largest absolute Gasteiger partial charge is 0.465 e. The Bertz CT molecular complexity index is 296. The molecule has 0 bridgehead atoms. The minimum Gasteiger partial charge on any atom is -0.465 e. The van der Waals surface area contributed by atoms with Gasteiger partial charge in [0.25, 0.3) is 0 Å². The molecule has 0 radical (unpaired) electrons. The summed E-state index contributed by atoms with van der Waals surface area (Å²) in [6.07, 6.45) is 0.748. The van der Waals surface area contributed by atoms with E-state index < -0.39 is 17.3 Å². The third-order valence-corrected chi connectivity index (χ3v) is 2.85. The van der Waals surface area contributed by atoms with Gasteiger partial charge in [-0.1, -0.05) is 20.8 Å². The maximum atomic E-state index is 12.4. The quantitative estimate of drug-likeness (QED) is 0.402. The summed E-state index contributed by atoms with van der Waals surface area (Å²) in [5, 5.41) is 0. The second kappa shape index (κ2) is 8.15. The van der Waals surface area contributed by atoms with Gasteiger partial charge in [0.15, 0.2) is 0 Å². The van der Waals surface area contributed by atoms with Gasteiger partial charge < -0.3 is 14.4 Å². The summed E-state index contributed by atoms with van der Waals surface area (Å²) in [6, 6.07) is 0. The summed E-state index contributed by atoms with van der Waals surface area (Å²) in [7, 11) is 3.33. The van der Waals surface area contributed by atoms with E-state index in [1.165, 1.54) is 0 Å². The summed E-state index contributed by atoms with van der Waals surface area (Å²) < 4.78 is 9.97. The van der Waals surface area contributed by atoms with Crippen LogP contribution in [0.2, 0.25) is 0 Å². The molecule has 0 N–H and O–H groups in total. The number of esters is 1. The summed E-state index contributed by atoms with van der Waals surface area (Å²) >= 11 is 0. The lowest BCUT2D eigenvalue weighted by molar-refractivity contribution is -0.160. The van der Waals surface area contributed by atoms with Crippen LogP contribution in [0.3, 0.4) is 0 Å². The highest BCUT2D eigenvalue weighted by Gasteiger charge is 2.40. The Morgan fingerprint density at radius 1 is 1.26 bits per heavy atom. The van der Waals surface area contributed by atoms with Crippen LogP contribution in [0.1, 0.15) is 34.1 Å². The molecule has 0 aromatic rings. The average Bonchev–Trinajstić information content (AvgIpc) is 2.27. The number of hydrogen-bond acceptors (Lipinski definition) is 4. The van der Waals surface area contributed by atoms with Gasteiger partial charge in [-0.05, 0) is 18.8 Å². The molecule has 19 heavy (non-hydrogen) atoms. The number of methoxy groups -OCH3 is 1. The van der Waals surface area contributed by atoms with Crippen LogP contribution in [-0.2, 0) is 19.1 Å². The molecule has 1 amide bonds. The molecule has 0 rings (SSSR count). The fraction of sp³-hybridized carbons (Fsp3) is 0.857. The van der Waals surface area contributed by atoms with E-state index >= 15 is 0 Å². The highest BCUT2D eigenvalue weighted by atomic mass is 16.5. The first-order chi connectivity index (χ1) is 8.75. The first-order valence-electron chi connectivity index (χ1n) is 6.66. The van der Waals surface area contributed by atoms with E-state index in [1.807, 2.05) is 20.8 Å². The minimum atomic E-state index is -0.764. The Kier molecular flexibility index (Phi) is 7.68. The van der Waals surface area contributed by atoms with Gasteiger partial charge in [-0.2, -0.15) is 0 Å². The summed E-state index contributed by atoms with van der Waals surface area (Å²) in [4.78, 5) is 25.9. The number of amides is 1. The van der Waals surface area contributed by atoms with Crippen molar-refractivity contribution in [3.05, 3.63) is 0 Å². The lowest BCUT2D eigenvalue weighted by atomic mass is 9.80. The van der Waals surface area contributed by atoms with Crippen LogP contribution in [0, 0.1) is 11.3 Å². The number of hydrogen-bond donors (Lipinski definition) is 0. The zero-order chi connectivity index (χ0) is 15.1. The van der Waals surface area contributed by atoms with Gasteiger partial charge in [-0.25, -0.2) is 0 Å². The molecule has 0 aromatic carbocycles. The van der Waals surface area contributed by atoms with E-state index in [0.29, 0.717) is 13.2 Å². The molecule has 0 spiro atoms. The molecule has 5 heteroatoms. The molecule has 0 fully saturated rings. The zero-order valence-electron chi connectivity index (χ0n) is 13.0. The van der Waals surface area contributed by atoms with Crippen molar-refractivity contribution in [3.8, 4) is 0 Å². The average molecular weight is 273 g/mol. The lowest BCUT2D eigenvalue weighted by Gasteiger charge is -2.31. The van der Waals surface area contributed by atoms with Crippen LogP contribution in [0.4, 0.5) is 0 Å². The lowest BCUT2D eigenvalue weighted by Crippen LogP contribution is -2.44. The van der Waals surface area contributed by atoms with Crippen molar-refractivity contribution < 1.29 is 19.1 Å². The van der Waals surface area contributed by atoms with Crippen molar-refractivity contribution in [2.45, 2.75) is 34.1 Å². The number of carbonyl (C=O) groups excluding carboxylic acids is 2. The van der Waals surface area contributed by atoms with Crippen LogP contribution in [-0.4, -0.2) is 50.7 Å². The maximum absolute atomic E-state index is 12.4. The van der Waals surface area contributed by atoms with Crippen molar-refractivity contribution in [2.75, 3.05) is 33.9 Å². The molecule has 0 aliphatic carbocycles. The van der Waals surface area contributed by atoms with Crippen molar-refractivity contribution in [2.24, 2.45) is 11.3 Å². The molecule has 1 unspecified atom stereocenters. The predicted molar refractivity (Wildman–Crippen MR) is 73.7 cm³/mol. The van der Waals surface area contributed by atoms with E-state index in [0.717, 1.165) is 6.42 Å². The number of nitrogens with zero attached hydrogens (tertiary/aromatic N) is 1. The maximum Gasteiger partial charge on any atom is 0.319 e. The fourth-order valence-corrected chi connectivity index (χ4v) is 1.83. The molecule has 0 aliphatic heterocycles. The Morgan fingerprint density at radius 3 is 2.26 bits per heavy atom. The smallest absolute Gasteiger partial charge is 0.319 e. The molecule has 112 valence electrons. The molecule has 0 saturated heterocycles. The minimum absolute atomic E-state index is 0.193. The Morgan fingerprint density at radius 2 is 1.84 bits per heavy atom. The second-order valence-electron chi connectivity index (χ2n) is 5.66. The standard InChI is InChI=1S/C14H27NO4/c1-7-19-13(17)11(14(2,3)4)12(16)15(5)9-8-10-18-6/h11H,7-10H2,1-6H3. The van der Waals surface area contributed by atoms with Crippen LogP contribution in [0.25, 0.3) is 0 Å². The first kappa shape index (κ1) is 17.9. The highest BCUT2D eigenvalue weighted by molar-refractivity contribution is 5.98. The number of carbonyl (C=O) groups is 2. The third-order valence-electron chi connectivity index (χ3n) is 2.85. The van der Waals surface area contributed by atoms with Gasteiger partial charge in [0.05, 0.1) is 6.61 Å². The topological polar surface area (TPSA) is 55.8 Å². The van der Waals surface area contributed by atoms with Gasteiger partial charge in [-0.3, -0.25) is 9.59 Å². The fourth-order valence-electron chi connectivity index (χ4n) is 1.83. The predicted octanol–water partition coefficient (Wildman–Crippen LogP) is 1.71. The van der Waals surface area contributed by atoms with E-state index in [4.69, 9.17) is 9.47 Å². The van der Waals surface area contributed by atoms with Crippen molar-refractivity contribution >= 4 is 11.9 Å². The SMILES string of the molecule is CCOC(=O)C(C(=O)N(C)CCCOC)C(C)(C)C. The van der Waals surface area contributed by atoms with Crippen molar-refractivity contribution in [3.63, 3.8) is 0 Å². The molecule has 0 aliphatic rings. The molecule has 0 saturated carbocycles. The van der Waals surface area contributed by atoms with Gasteiger partial charge in [0.1, 0.15) is 5.92 Å². The van der Waals surface area contributed by atoms with Gasteiger partial charge in [0, 0.05) is 27.3 Å². The summed E-state index contributed by atoms with van der Waals surface area (Å²) in [5.74, 6) is -1.40. The molecular formula is C14H27NO4. The van der Waals surface area contributed by atoms with Crippen LogP contribution < -0.4 is 0 Å². The highest BCUT2D eigenvalue weighted by Crippen LogP contribution is 2.28. The molecule has 0 aromatic heterocycles. The van der Waals surface area contributed by atoms with Gasteiger partial charge in [-0.15, -0.1) is 0 Å². The van der Waals surface area contributed by atoms with Gasteiger partial charge >= 0.3 is 5.97 Å². The van der Waals surface area contributed by atoms with E-state index in [-0.39, 0.29) is 12.5 Å². The van der Waals surface area contributed by atoms with E-state index in [9.17, 15) is 9.59 Å². The molecule has 1 atom stereocenters. The van der Waals surface area contributed by atoms with E-state index in [2.05, 4.69) is 0 Å². The summed E-state index contributed by atoms with van der Waals surface area (Å²) in [5.41, 5.74) is -0.459. The normalized spacial score (nSPS) is 12.9. The van der Waals surface area contributed by atoms with Crippen molar-refractivity contribution in [1.82, 2.24) is 4.90 Å². The number of rotatable bonds is 7. The Hall–Kier alpha value is -1.10. The second-order valence-corrected chi connectivity index (χ2v) is 5.66. The Balaban J connectivity index is 4.77. The van der Waals surface area contributed by atoms with E-state index in [1.54, 1.807) is 26.0 Å². The van der Waals surface area contributed by atoms with Crippen LogP contribution in [0.15, 0.2) is 0 Å².